The third-order valence-corrected chi connectivity index (χ3v) is 3.95. The zero-order valence-corrected chi connectivity index (χ0v) is 16.1. The van der Waals surface area contributed by atoms with E-state index in [-0.39, 0.29) is 5.91 Å². The molecule has 0 aliphatic carbocycles. The zero-order valence-electron chi connectivity index (χ0n) is 16.1. The lowest BCUT2D eigenvalue weighted by Crippen LogP contribution is -2.08. The van der Waals surface area contributed by atoms with E-state index < -0.39 is 5.97 Å². The third-order valence-electron chi connectivity index (χ3n) is 3.95. The Morgan fingerprint density at radius 2 is 1.69 bits per heavy atom. The van der Waals surface area contributed by atoms with Gasteiger partial charge in [0.2, 0.25) is 5.91 Å². The molecule has 0 spiro atoms. The fourth-order valence-electron chi connectivity index (χ4n) is 2.55. The van der Waals surface area contributed by atoms with Crippen molar-refractivity contribution in [3.05, 3.63) is 83.6 Å². The van der Waals surface area contributed by atoms with E-state index in [2.05, 4.69) is 10.3 Å². The summed E-state index contributed by atoms with van der Waals surface area (Å²) in [7, 11) is 1.54. The van der Waals surface area contributed by atoms with Crippen molar-refractivity contribution in [3.8, 4) is 11.5 Å². The Morgan fingerprint density at radius 1 is 0.931 bits per heavy atom. The Morgan fingerprint density at radius 3 is 2.41 bits per heavy atom. The molecule has 3 aromatic rings. The molecule has 6 nitrogen and oxygen atoms in total. The molecule has 0 aliphatic rings. The molecule has 0 unspecified atom stereocenters. The number of methoxy groups -OCH3 is 1. The summed E-state index contributed by atoms with van der Waals surface area (Å²) in [6.07, 6.45) is 5.46. The van der Waals surface area contributed by atoms with E-state index in [0.717, 1.165) is 11.1 Å². The van der Waals surface area contributed by atoms with Crippen molar-refractivity contribution in [2.75, 3.05) is 12.4 Å². The Kier molecular flexibility index (Phi) is 6.37. The van der Waals surface area contributed by atoms with Crippen molar-refractivity contribution < 1.29 is 19.1 Å². The molecular weight excluding hydrogens is 368 g/mol. The first-order valence-corrected chi connectivity index (χ1v) is 8.91. The Labute approximate surface area is 168 Å². The topological polar surface area (TPSA) is 77.5 Å². The molecule has 0 aliphatic heterocycles. The zero-order chi connectivity index (χ0) is 20.6. The molecule has 1 heterocycles. The molecule has 6 heteroatoms. The summed E-state index contributed by atoms with van der Waals surface area (Å²) >= 11 is 0. The predicted molar refractivity (Wildman–Crippen MR) is 112 cm³/mol. The number of hydrogen-bond acceptors (Lipinski definition) is 5. The summed E-state index contributed by atoms with van der Waals surface area (Å²) in [5.41, 5.74) is 2.25. The van der Waals surface area contributed by atoms with E-state index in [9.17, 15) is 9.59 Å². The average molecular weight is 388 g/mol. The lowest BCUT2D eigenvalue weighted by atomic mass is 10.1. The second kappa shape index (κ2) is 9.32. The number of benzene rings is 2. The first kappa shape index (κ1) is 19.8. The van der Waals surface area contributed by atoms with Gasteiger partial charge >= 0.3 is 5.97 Å². The Hall–Kier alpha value is -3.93. The second-order valence-electron chi connectivity index (χ2n) is 6.18. The van der Waals surface area contributed by atoms with E-state index >= 15 is 0 Å². The van der Waals surface area contributed by atoms with Crippen molar-refractivity contribution >= 4 is 29.8 Å². The van der Waals surface area contributed by atoms with Crippen molar-refractivity contribution in [1.82, 2.24) is 4.98 Å². The van der Waals surface area contributed by atoms with Crippen LogP contribution < -0.4 is 14.8 Å². The highest BCUT2D eigenvalue weighted by atomic mass is 16.5. The molecule has 3 rings (SSSR count). The monoisotopic (exact) mass is 388 g/mol. The minimum Gasteiger partial charge on any atom is -0.497 e. The maximum absolute atomic E-state index is 12.3. The van der Waals surface area contributed by atoms with Gasteiger partial charge in [-0.25, -0.2) is 9.78 Å². The number of nitrogens with zero attached hydrogens (tertiary/aromatic N) is 1. The van der Waals surface area contributed by atoms with Crippen LogP contribution in [-0.2, 0) is 4.79 Å². The van der Waals surface area contributed by atoms with Crippen LogP contribution in [0.25, 0.3) is 12.2 Å². The summed E-state index contributed by atoms with van der Waals surface area (Å²) < 4.78 is 10.5. The molecule has 0 saturated carbocycles. The minimum atomic E-state index is -0.450. The van der Waals surface area contributed by atoms with Crippen LogP contribution >= 0.6 is 0 Å². The van der Waals surface area contributed by atoms with Gasteiger partial charge in [-0.1, -0.05) is 30.4 Å². The standard InChI is InChI=1S/C23H20N2O4/c1-16(26)25-22-14-18(12-13-24-22)7-6-17-8-10-20(11-9-17)29-23(27)19-4-3-5-21(15-19)28-2/h3-15H,1-2H3,(H,24,25,26)/b7-6+. The summed E-state index contributed by atoms with van der Waals surface area (Å²) in [5, 5.41) is 2.65. The molecule has 1 amide bonds. The number of amides is 1. The van der Waals surface area contributed by atoms with Crippen molar-refractivity contribution in [1.29, 1.82) is 0 Å². The van der Waals surface area contributed by atoms with Crippen LogP contribution in [-0.4, -0.2) is 24.0 Å². The van der Waals surface area contributed by atoms with Gasteiger partial charge < -0.3 is 14.8 Å². The molecule has 1 aromatic heterocycles. The molecule has 0 fully saturated rings. The van der Waals surface area contributed by atoms with Gasteiger partial charge in [0.25, 0.3) is 0 Å². The van der Waals surface area contributed by atoms with Crippen molar-refractivity contribution in [2.45, 2.75) is 6.92 Å². The number of nitrogens with one attached hydrogen (secondary N) is 1. The van der Waals surface area contributed by atoms with Crippen LogP contribution in [0.1, 0.15) is 28.4 Å². The molecule has 0 radical (unpaired) electrons. The molecule has 1 N–H and O–H groups in total. The average Bonchev–Trinajstić information content (AvgIpc) is 2.73. The quantitative estimate of drug-likeness (QED) is 0.499. The van der Waals surface area contributed by atoms with Gasteiger partial charge in [0, 0.05) is 13.1 Å². The number of anilines is 1. The van der Waals surface area contributed by atoms with Gasteiger partial charge in [-0.3, -0.25) is 4.79 Å². The summed E-state index contributed by atoms with van der Waals surface area (Å²) in [6, 6.07) is 17.6. The lowest BCUT2D eigenvalue weighted by Gasteiger charge is -2.06. The molecule has 0 atom stereocenters. The SMILES string of the molecule is COc1cccc(C(=O)Oc2ccc(/C=C/c3ccnc(NC(C)=O)c3)cc2)c1. The van der Waals surface area contributed by atoms with Crippen LogP contribution in [0.3, 0.4) is 0 Å². The molecule has 146 valence electrons. The van der Waals surface area contributed by atoms with E-state index in [4.69, 9.17) is 9.47 Å². The highest BCUT2D eigenvalue weighted by Gasteiger charge is 2.09. The number of rotatable bonds is 6. The normalized spacial score (nSPS) is 10.6. The van der Waals surface area contributed by atoms with Gasteiger partial charge in [0.05, 0.1) is 12.7 Å². The highest BCUT2D eigenvalue weighted by Crippen LogP contribution is 2.18. The number of pyridine rings is 1. The van der Waals surface area contributed by atoms with Crippen LogP contribution in [0.5, 0.6) is 11.5 Å². The number of carbonyl (C=O) groups excluding carboxylic acids is 2. The van der Waals surface area contributed by atoms with Gasteiger partial charge in [0.15, 0.2) is 0 Å². The largest absolute Gasteiger partial charge is 0.497 e. The fraction of sp³-hybridized carbons (Fsp3) is 0.0870. The maximum atomic E-state index is 12.3. The maximum Gasteiger partial charge on any atom is 0.343 e. The highest BCUT2D eigenvalue weighted by molar-refractivity contribution is 5.91. The summed E-state index contributed by atoms with van der Waals surface area (Å²) in [5.74, 6) is 0.927. The number of hydrogen-bond donors (Lipinski definition) is 1. The van der Waals surface area contributed by atoms with Gasteiger partial charge in [0.1, 0.15) is 17.3 Å². The number of aromatic nitrogens is 1. The molecule has 2 aromatic carbocycles. The number of esters is 1. The van der Waals surface area contributed by atoms with E-state index in [0.29, 0.717) is 22.9 Å². The summed E-state index contributed by atoms with van der Waals surface area (Å²) in [6.45, 7) is 1.44. The minimum absolute atomic E-state index is 0.169. The van der Waals surface area contributed by atoms with Crippen LogP contribution in [0.15, 0.2) is 66.9 Å². The van der Waals surface area contributed by atoms with E-state index in [1.54, 1.807) is 55.8 Å². The molecule has 0 bridgehead atoms. The van der Waals surface area contributed by atoms with Gasteiger partial charge in [-0.05, 0) is 53.6 Å². The first-order chi connectivity index (χ1) is 14.0. The Bertz CT molecular complexity index is 1040. The van der Waals surface area contributed by atoms with Gasteiger partial charge in [-0.2, -0.15) is 0 Å². The molecule has 0 saturated heterocycles. The third kappa shape index (κ3) is 5.77. The van der Waals surface area contributed by atoms with E-state index in [1.807, 2.05) is 30.4 Å². The fourth-order valence-corrected chi connectivity index (χ4v) is 2.55. The number of carbonyl (C=O) groups is 2. The second-order valence-corrected chi connectivity index (χ2v) is 6.18. The van der Waals surface area contributed by atoms with Crippen LogP contribution in [0.4, 0.5) is 5.82 Å². The Balaban J connectivity index is 1.65. The van der Waals surface area contributed by atoms with Crippen LogP contribution in [0.2, 0.25) is 0 Å². The molecular formula is C23H20N2O4. The van der Waals surface area contributed by atoms with E-state index in [1.165, 1.54) is 6.92 Å². The van der Waals surface area contributed by atoms with Crippen LogP contribution in [0, 0.1) is 0 Å². The summed E-state index contributed by atoms with van der Waals surface area (Å²) in [4.78, 5) is 27.5. The van der Waals surface area contributed by atoms with Crippen molar-refractivity contribution in [2.24, 2.45) is 0 Å². The smallest absolute Gasteiger partial charge is 0.343 e. The first-order valence-electron chi connectivity index (χ1n) is 8.91. The molecule has 29 heavy (non-hydrogen) atoms. The predicted octanol–water partition coefficient (Wildman–Crippen LogP) is 4.44. The lowest BCUT2D eigenvalue weighted by molar-refractivity contribution is -0.114. The van der Waals surface area contributed by atoms with Gasteiger partial charge in [-0.15, -0.1) is 0 Å². The van der Waals surface area contributed by atoms with Crippen molar-refractivity contribution in [3.63, 3.8) is 0 Å². The number of ether oxygens (including phenoxy) is 2.